The van der Waals surface area contributed by atoms with Crippen molar-refractivity contribution in [3.8, 4) is 0 Å². The third-order valence-corrected chi connectivity index (χ3v) is 3.02. The van der Waals surface area contributed by atoms with Crippen molar-refractivity contribution < 1.29 is 0 Å². The second-order valence-electron chi connectivity index (χ2n) is 3.85. The van der Waals surface area contributed by atoms with Gasteiger partial charge in [0.2, 0.25) is 0 Å². The van der Waals surface area contributed by atoms with E-state index in [1.54, 1.807) is 35.0 Å². The van der Waals surface area contributed by atoms with Gasteiger partial charge in [0, 0.05) is 11.2 Å². The minimum atomic E-state index is -0.181. The van der Waals surface area contributed by atoms with Crippen LogP contribution < -0.4 is 11.3 Å². The summed E-state index contributed by atoms with van der Waals surface area (Å²) in [6.07, 6.45) is 1.71. The van der Waals surface area contributed by atoms with E-state index in [4.69, 9.17) is 29.6 Å². The summed E-state index contributed by atoms with van der Waals surface area (Å²) in [6.45, 7) is 0.465. The first-order valence-electron chi connectivity index (χ1n) is 5.31. The zero-order valence-electron chi connectivity index (χ0n) is 9.47. The molecule has 0 aliphatic carbocycles. The molecule has 0 aliphatic heterocycles. The van der Waals surface area contributed by atoms with Crippen molar-refractivity contribution in [2.45, 2.75) is 6.54 Å². The van der Waals surface area contributed by atoms with Gasteiger partial charge in [-0.05, 0) is 29.8 Å². The maximum Gasteiger partial charge on any atom is 0.261 e. The summed E-state index contributed by atoms with van der Waals surface area (Å²) in [4.78, 5) is 12.2. The molecule has 0 unspecified atom stereocenters. The van der Waals surface area contributed by atoms with E-state index >= 15 is 0 Å². The lowest BCUT2D eigenvalue weighted by molar-refractivity contribution is 0.758. The fraction of sp³-hybridized carbons (Fsp3) is 0.0769. The highest BCUT2D eigenvalue weighted by atomic mass is 35.5. The summed E-state index contributed by atoms with van der Waals surface area (Å²) < 4.78 is 1.57. The molecule has 1 heterocycles. The number of nitrogens with two attached hydrogens (primary N) is 1. The summed E-state index contributed by atoms with van der Waals surface area (Å²) in [7, 11) is 0. The molecule has 0 aliphatic rings. The van der Waals surface area contributed by atoms with Crippen LogP contribution >= 0.6 is 23.8 Å². The number of halogens is 1. The average Bonchev–Trinajstić information content (AvgIpc) is 2.34. The van der Waals surface area contributed by atoms with E-state index in [-0.39, 0.29) is 10.5 Å². The Kier molecular flexibility index (Phi) is 3.79. The molecule has 92 valence electrons. The van der Waals surface area contributed by atoms with Gasteiger partial charge in [-0.25, -0.2) is 0 Å². The largest absolute Gasteiger partial charge is 0.389 e. The van der Waals surface area contributed by atoms with Gasteiger partial charge in [0.15, 0.2) is 0 Å². The number of hydrogen-bond acceptors (Lipinski definition) is 2. The number of benzene rings is 1. The van der Waals surface area contributed by atoms with Gasteiger partial charge in [-0.15, -0.1) is 0 Å². The lowest BCUT2D eigenvalue weighted by Crippen LogP contribution is -2.28. The lowest BCUT2D eigenvalue weighted by atomic mass is 10.2. The SMILES string of the molecule is NC(=S)c1cccn(Cc2ccc(Cl)cc2)c1=O. The van der Waals surface area contributed by atoms with Gasteiger partial charge >= 0.3 is 0 Å². The molecule has 2 N–H and O–H groups in total. The fourth-order valence-corrected chi connectivity index (χ4v) is 1.92. The Morgan fingerprint density at radius 2 is 1.94 bits per heavy atom. The van der Waals surface area contributed by atoms with Crippen LogP contribution in [0.3, 0.4) is 0 Å². The van der Waals surface area contributed by atoms with Gasteiger partial charge in [0.1, 0.15) is 4.99 Å². The van der Waals surface area contributed by atoms with E-state index in [1.807, 2.05) is 12.1 Å². The van der Waals surface area contributed by atoms with E-state index in [0.717, 1.165) is 5.56 Å². The van der Waals surface area contributed by atoms with Crippen molar-refractivity contribution >= 4 is 28.8 Å². The molecular weight excluding hydrogens is 268 g/mol. The number of rotatable bonds is 3. The summed E-state index contributed by atoms with van der Waals surface area (Å²) >= 11 is 10.6. The highest BCUT2D eigenvalue weighted by Gasteiger charge is 2.05. The van der Waals surface area contributed by atoms with E-state index in [9.17, 15) is 4.79 Å². The van der Waals surface area contributed by atoms with Crippen LogP contribution in [0.5, 0.6) is 0 Å². The first kappa shape index (κ1) is 12.8. The van der Waals surface area contributed by atoms with Gasteiger partial charge in [0.05, 0.1) is 12.1 Å². The fourth-order valence-electron chi connectivity index (χ4n) is 1.64. The average molecular weight is 279 g/mol. The number of pyridine rings is 1. The zero-order valence-corrected chi connectivity index (χ0v) is 11.0. The predicted molar refractivity (Wildman–Crippen MR) is 77.1 cm³/mol. The molecule has 0 radical (unpaired) electrons. The van der Waals surface area contributed by atoms with Crippen LogP contribution in [0.1, 0.15) is 11.1 Å². The van der Waals surface area contributed by atoms with Gasteiger partial charge in [-0.3, -0.25) is 4.79 Å². The summed E-state index contributed by atoms with van der Waals surface area (Å²) in [5.41, 5.74) is 6.67. The third-order valence-electron chi connectivity index (χ3n) is 2.55. The van der Waals surface area contributed by atoms with Crippen molar-refractivity contribution in [1.82, 2.24) is 4.57 Å². The van der Waals surface area contributed by atoms with E-state index in [2.05, 4.69) is 0 Å². The maximum atomic E-state index is 12.1. The topological polar surface area (TPSA) is 48.0 Å². The highest BCUT2D eigenvalue weighted by Crippen LogP contribution is 2.10. The van der Waals surface area contributed by atoms with Crippen LogP contribution in [0, 0.1) is 0 Å². The molecule has 0 bridgehead atoms. The second kappa shape index (κ2) is 5.33. The Morgan fingerprint density at radius 3 is 2.56 bits per heavy atom. The molecule has 2 rings (SSSR count). The molecule has 18 heavy (non-hydrogen) atoms. The van der Waals surface area contributed by atoms with Crippen molar-refractivity contribution in [3.05, 3.63) is 69.1 Å². The van der Waals surface area contributed by atoms with Crippen LogP contribution in [-0.2, 0) is 6.54 Å². The molecule has 0 spiro atoms. The van der Waals surface area contributed by atoms with E-state index in [0.29, 0.717) is 17.1 Å². The molecule has 0 fully saturated rings. The van der Waals surface area contributed by atoms with Gasteiger partial charge in [-0.1, -0.05) is 36.0 Å². The number of nitrogens with zero attached hydrogens (tertiary/aromatic N) is 1. The molecule has 5 heteroatoms. The lowest BCUT2D eigenvalue weighted by Gasteiger charge is -2.07. The van der Waals surface area contributed by atoms with Gasteiger partial charge in [0.25, 0.3) is 5.56 Å². The minimum Gasteiger partial charge on any atom is -0.389 e. The number of thiocarbonyl (C=S) groups is 1. The van der Waals surface area contributed by atoms with Crippen LogP contribution in [0.25, 0.3) is 0 Å². The van der Waals surface area contributed by atoms with Gasteiger partial charge < -0.3 is 10.3 Å². The Morgan fingerprint density at radius 1 is 1.28 bits per heavy atom. The first-order valence-corrected chi connectivity index (χ1v) is 6.10. The van der Waals surface area contributed by atoms with Gasteiger partial charge in [-0.2, -0.15) is 0 Å². The van der Waals surface area contributed by atoms with Crippen LogP contribution in [0.15, 0.2) is 47.4 Å². The van der Waals surface area contributed by atoms with Crippen molar-refractivity contribution in [2.75, 3.05) is 0 Å². The zero-order chi connectivity index (χ0) is 13.1. The number of aromatic nitrogens is 1. The quantitative estimate of drug-likeness (QED) is 0.876. The minimum absolute atomic E-state index is 0.116. The monoisotopic (exact) mass is 278 g/mol. The first-order chi connectivity index (χ1) is 8.58. The van der Waals surface area contributed by atoms with Crippen LogP contribution in [0.2, 0.25) is 5.02 Å². The predicted octanol–water partition coefficient (Wildman–Crippen LogP) is 2.18. The summed E-state index contributed by atoms with van der Waals surface area (Å²) in [5, 5.41) is 0.669. The molecule has 0 atom stereocenters. The normalized spacial score (nSPS) is 10.3. The molecule has 3 nitrogen and oxygen atoms in total. The molecular formula is C13H11ClN2OS. The Labute approximate surface area is 115 Å². The Hall–Kier alpha value is -1.65. The maximum absolute atomic E-state index is 12.1. The summed E-state index contributed by atoms with van der Waals surface area (Å²) in [6, 6.07) is 10.7. The third kappa shape index (κ3) is 2.78. The Balaban J connectivity index is 2.35. The molecule has 2 aromatic rings. The highest BCUT2D eigenvalue weighted by molar-refractivity contribution is 7.80. The van der Waals surface area contributed by atoms with E-state index < -0.39 is 0 Å². The summed E-state index contributed by atoms with van der Waals surface area (Å²) in [5.74, 6) is 0. The van der Waals surface area contributed by atoms with Crippen LogP contribution in [0.4, 0.5) is 0 Å². The van der Waals surface area contributed by atoms with Crippen LogP contribution in [-0.4, -0.2) is 9.56 Å². The molecule has 0 amide bonds. The smallest absolute Gasteiger partial charge is 0.261 e. The molecule has 1 aromatic carbocycles. The second-order valence-corrected chi connectivity index (χ2v) is 4.72. The molecule has 0 saturated carbocycles. The number of hydrogen-bond donors (Lipinski definition) is 1. The van der Waals surface area contributed by atoms with Crippen molar-refractivity contribution in [3.63, 3.8) is 0 Å². The molecule has 0 saturated heterocycles. The van der Waals surface area contributed by atoms with Crippen molar-refractivity contribution in [1.29, 1.82) is 0 Å². The Bertz CT molecular complexity index is 634. The molecule has 1 aromatic heterocycles. The standard InChI is InChI=1S/C13H11ClN2OS/c14-10-5-3-9(4-6-10)8-16-7-1-2-11(12(15)18)13(16)17/h1-7H,8H2,(H2,15,18). The van der Waals surface area contributed by atoms with Crippen molar-refractivity contribution in [2.24, 2.45) is 5.73 Å². The van der Waals surface area contributed by atoms with E-state index in [1.165, 1.54) is 0 Å².